The standard InChI is InChI=1S/C20H18ClN3O4/c21-16-8-6-15(7-9-16)20(27)23-12-10-19(26)28-14-18(25)24(13-11-22)17-4-2-1-3-5-17/h1-9H,10,12-14H2,(H,23,27). The third-order valence-electron chi connectivity index (χ3n) is 3.68. The van der Waals surface area contributed by atoms with Crippen LogP contribution in [0.1, 0.15) is 16.8 Å². The second-order valence-corrected chi connectivity index (χ2v) is 6.08. The summed E-state index contributed by atoms with van der Waals surface area (Å²) in [4.78, 5) is 37.2. The lowest BCUT2D eigenvalue weighted by Crippen LogP contribution is -2.35. The first-order chi connectivity index (χ1) is 13.5. The molecule has 2 rings (SSSR count). The van der Waals surface area contributed by atoms with Crippen LogP contribution in [0.3, 0.4) is 0 Å². The Labute approximate surface area is 167 Å². The molecule has 0 aliphatic carbocycles. The van der Waals surface area contributed by atoms with Gasteiger partial charge in [-0.1, -0.05) is 29.8 Å². The second kappa shape index (κ2) is 10.7. The first-order valence-electron chi connectivity index (χ1n) is 8.43. The summed E-state index contributed by atoms with van der Waals surface area (Å²) in [6, 6.07) is 16.9. The van der Waals surface area contributed by atoms with Crippen LogP contribution in [-0.4, -0.2) is 37.5 Å². The predicted octanol–water partition coefficient (Wildman–Crippen LogP) is 2.56. The van der Waals surface area contributed by atoms with Crippen molar-refractivity contribution in [1.82, 2.24) is 5.32 Å². The van der Waals surface area contributed by atoms with E-state index in [9.17, 15) is 14.4 Å². The molecule has 0 aromatic heterocycles. The summed E-state index contributed by atoms with van der Waals surface area (Å²) in [6.45, 7) is -0.576. The van der Waals surface area contributed by atoms with Crippen LogP contribution < -0.4 is 10.2 Å². The zero-order valence-corrected chi connectivity index (χ0v) is 15.7. The van der Waals surface area contributed by atoms with Gasteiger partial charge in [0.05, 0.1) is 12.5 Å². The maximum atomic E-state index is 12.2. The van der Waals surface area contributed by atoms with Gasteiger partial charge in [0.1, 0.15) is 6.54 Å². The maximum absolute atomic E-state index is 12.2. The van der Waals surface area contributed by atoms with E-state index < -0.39 is 18.5 Å². The average molecular weight is 400 g/mol. The Bertz CT molecular complexity index is 863. The summed E-state index contributed by atoms with van der Waals surface area (Å²) < 4.78 is 4.95. The van der Waals surface area contributed by atoms with Crippen LogP contribution in [0.4, 0.5) is 5.69 Å². The van der Waals surface area contributed by atoms with Crippen molar-refractivity contribution in [3.8, 4) is 6.07 Å². The number of nitrogens with one attached hydrogen (secondary N) is 1. The van der Waals surface area contributed by atoms with E-state index in [1.807, 2.05) is 6.07 Å². The van der Waals surface area contributed by atoms with E-state index in [1.54, 1.807) is 54.6 Å². The van der Waals surface area contributed by atoms with Crippen molar-refractivity contribution in [3.05, 3.63) is 65.2 Å². The zero-order chi connectivity index (χ0) is 20.4. The van der Waals surface area contributed by atoms with Gasteiger partial charge in [0.2, 0.25) is 0 Å². The van der Waals surface area contributed by atoms with Gasteiger partial charge in [0.15, 0.2) is 6.61 Å². The Morgan fingerprint density at radius 3 is 2.39 bits per heavy atom. The molecule has 0 aliphatic heterocycles. The van der Waals surface area contributed by atoms with Gasteiger partial charge in [-0.25, -0.2) is 0 Å². The number of nitrogens with zero attached hydrogens (tertiary/aromatic N) is 2. The molecule has 0 fully saturated rings. The summed E-state index contributed by atoms with van der Waals surface area (Å²) in [7, 11) is 0. The highest BCUT2D eigenvalue weighted by Gasteiger charge is 2.17. The fourth-order valence-corrected chi connectivity index (χ4v) is 2.40. The number of carbonyl (C=O) groups excluding carboxylic acids is 3. The van der Waals surface area contributed by atoms with Gasteiger partial charge in [0.25, 0.3) is 11.8 Å². The molecule has 2 aromatic rings. The number of anilines is 1. The van der Waals surface area contributed by atoms with Gasteiger partial charge in [-0.15, -0.1) is 0 Å². The molecule has 0 heterocycles. The fraction of sp³-hybridized carbons (Fsp3) is 0.200. The molecule has 2 aromatic carbocycles. The van der Waals surface area contributed by atoms with E-state index in [0.717, 1.165) is 0 Å². The molecule has 144 valence electrons. The van der Waals surface area contributed by atoms with Gasteiger partial charge >= 0.3 is 5.97 Å². The Morgan fingerprint density at radius 1 is 1.07 bits per heavy atom. The van der Waals surface area contributed by atoms with E-state index in [-0.39, 0.29) is 25.4 Å². The minimum Gasteiger partial charge on any atom is -0.455 e. The Hall–Kier alpha value is -3.37. The van der Waals surface area contributed by atoms with E-state index in [2.05, 4.69) is 5.32 Å². The quantitative estimate of drug-likeness (QED) is 0.543. The normalized spacial score (nSPS) is 9.86. The van der Waals surface area contributed by atoms with Crippen LogP contribution in [0.15, 0.2) is 54.6 Å². The summed E-state index contributed by atoms with van der Waals surface area (Å²) in [5.74, 6) is -1.48. The summed E-state index contributed by atoms with van der Waals surface area (Å²) in [5, 5.41) is 12.0. The Balaban J connectivity index is 1.76. The highest BCUT2D eigenvalue weighted by atomic mass is 35.5. The summed E-state index contributed by atoms with van der Waals surface area (Å²) in [5.41, 5.74) is 0.961. The molecule has 2 amide bonds. The third kappa shape index (κ3) is 6.41. The minimum atomic E-state index is -0.630. The summed E-state index contributed by atoms with van der Waals surface area (Å²) in [6.07, 6.45) is -0.0871. The number of hydrogen-bond acceptors (Lipinski definition) is 5. The topological polar surface area (TPSA) is 99.5 Å². The summed E-state index contributed by atoms with van der Waals surface area (Å²) >= 11 is 5.76. The number of halogens is 1. The van der Waals surface area contributed by atoms with E-state index >= 15 is 0 Å². The van der Waals surface area contributed by atoms with E-state index in [0.29, 0.717) is 16.3 Å². The highest BCUT2D eigenvalue weighted by Crippen LogP contribution is 2.13. The number of hydrogen-bond donors (Lipinski definition) is 1. The van der Waals surface area contributed by atoms with Gasteiger partial charge < -0.3 is 10.1 Å². The molecule has 0 spiro atoms. The average Bonchev–Trinajstić information content (AvgIpc) is 2.71. The highest BCUT2D eigenvalue weighted by molar-refractivity contribution is 6.30. The molecule has 0 saturated heterocycles. The van der Waals surface area contributed by atoms with Crippen molar-refractivity contribution in [2.24, 2.45) is 0 Å². The molecule has 28 heavy (non-hydrogen) atoms. The number of amides is 2. The van der Waals surface area contributed by atoms with Crippen LogP contribution in [0.2, 0.25) is 5.02 Å². The van der Waals surface area contributed by atoms with Crippen LogP contribution in [0.5, 0.6) is 0 Å². The van der Waals surface area contributed by atoms with Crippen molar-refractivity contribution in [1.29, 1.82) is 5.26 Å². The van der Waals surface area contributed by atoms with Crippen molar-refractivity contribution in [2.75, 3.05) is 24.6 Å². The zero-order valence-electron chi connectivity index (χ0n) is 14.9. The maximum Gasteiger partial charge on any atom is 0.308 e. The lowest BCUT2D eigenvalue weighted by Gasteiger charge is -2.19. The van der Waals surface area contributed by atoms with Crippen molar-refractivity contribution in [3.63, 3.8) is 0 Å². The number of benzene rings is 2. The first-order valence-corrected chi connectivity index (χ1v) is 8.81. The number of ether oxygens (including phenoxy) is 1. The second-order valence-electron chi connectivity index (χ2n) is 5.65. The Kier molecular flexibility index (Phi) is 8.00. The number of para-hydroxylation sites is 1. The molecule has 0 radical (unpaired) electrons. The number of rotatable bonds is 8. The monoisotopic (exact) mass is 399 g/mol. The predicted molar refractivity (Wildman–Crippen MR) is 104 cm³/mol. The van der Waals surface area contributed by atoms with Gasteiger partial charge in [-0.05, 0) is 36.4 Å². The molecule has 8 heteroatoms. The molecular weight excluding hydrogens is 382 g/mol. The van der Waals surface area contributed by atoms with Crippen LogP contribution in [0, 0.1) is 11.3 Å². The molecule has 7 nitrogen and oxygen atoms in total. The Morgan fingerprint density at radius 2 is 1.75 bits per heavy atom. The SMILES string of the molecule is N#CCN(C(=O)COC(=O)CCNC(=O)c1ccc(Cl)cc1)c1ccccc1. The van der Waals surface area contributed by atoms with Crippen LogP contribution >= 0.6 is 11.6 Å². The minimum absolute atomic E-state index is 0.0646. The van der Waals surface area contributed by atoms with Crippen molar-refractivity contribution in [2.45, 2.75) is 6.42 Å². The van der Waals surface area contributed by atoms with Crippen LogP contribution in [-0.2, 0) is 14.3 Å². The van der Waals surface area contributed by atoms with Crippen LogP contribution in [0.25, 0.3) is 0 Å². The molecular formula is C20H18ClN3O4. The van der Waals surface area contributed by atoms with Gasteiger partial charge in [0, 0.05) is 22.8 Å². The lowest BCUT2D eigenvalue weighted by atomic mass is 10.2. The fourth-order valence-electron chi connectivity index (χ4n) is 2.28. The van der Waals surface area contributed by atoms with Gasteiger partial charge in [-0.3, -0.25) is 19.3 Å². The van der Waals surface area contributed by atoms with E-state index in [4.69, 9.17) is 21.6 Å². The smallest absolute Gasteiger partial charge is 0.308 e. The molecule has 0 aliphatic rings. The van der Waals surface area contributed by atoms with Crippen molar-refractivity contribution < 1.29 is 19.1 Å². The molecule has 0 atom stereocenters. The number of esters is 1. The number of nitriles is 1. The molecule has 0 bridgehead atoms. The van der Waals surface area contributed by atoms with E-state index in [1.165, 1.54) is 4.90 Å². The van der Waals surface area contributed by atoms with Crippen molar-refractivity contribution >= 4 is 35.1 Å². The largest absolute Gasteiger partial charge is 0.455 e. The molecule has 1 N–H and O–H groups in total. The molecule has 0 unspecified atom stereocenters. The van der Waals surface area contributed by atoms with Gasteiger partial charge in [-0.2, -0.15) is 5.26 Å². The number of carbonyl (C=O) groups is 3. The first kappa shape index (κ1) is 20.9. The third-order valence-corrected chi connectivity index (χ3v) is 3.93. The molecule has 0 saturated carbocycles. The lowest BCUT2D eigenvalue weighted by molar-refractivity contribution is -0.147.